The van der Waals surface area contributed by atoms with Gasteiger partial charge in [0.05, 0.1) is 0 Å². The van der Waals surface area contributed by atoms with Crippen molar-refractivity contribution < 1.29 is 0 Å². The molecule has 3 heterocycles. The molecule has 0 radical (unpaired) electrons. The summed E-state index contributed by atoms with van der Waals surface area (Å²) < 4.78 is 0. The lowest BCUT2D eigenvalue weighted by atomic mass is 9.87. The number of nitrogens with zero attached hydrogens (tertiary/aromatic N) is 3. The lowest BCUT2D eigenvalue weighted by Gasteiger charge is -2.32. The molecule has 212 valence electrons. The van der Waals surface area contributed by atoms with E-state index in [9.17, 15) is 0 Å². The maximum absolute atomic E-state index is 2.55. The van der Waals surface area contributed by atoms with Crippen molar-refractivity contribution in [2.24, 2.45) is 35.5 Å². The second-order valence-corrected chi connectivity index (χ2v) is 11.5. The summed E-state index contributed by atoms with van der Waals surface area (Å²) in [6.07, 6.45) is 7.08. The molecule has 0 N–H and O–H groups in total. The molecule has 3 rings (SSSR count). The van der Waals surface area contributed by atoms with Crippen LogP contribution in [0, 0.1) is 35.5 Å². The fourth-order valence-corrected chi connectivity index (χ4v) is 5.14. The SMILES string of the molecule is C.C.C.C.CC(C)C1CCN(C)C1.CC(C)C1CCN(C)CC1.CCN1CCC(C(C)C)CC1. The Kier molecular flexibility index (Phi) is 26.7. The Balaban J connectivity index is -0.000000188. The quantitative estimate of drug-likeness (QED) is 0.393. The average Bonchev–Trinajstić information content (AvgIpc) is 3.16. The first-order valence-electron chi connectivity index (χ1n) is 13.2. The molecule has 0 aromatic heterocycles. The Morgan fingerprint density at radius 1 is 0.529 bits per heavy atom. The summed E-state index contributed by atoms with van der Waals surface area (Å²) in [5.74, 6) is 5.64. The second-order valence-electron chi connectivity index (χ2n) is 11.5. The van der Waals surface area contributed by atoms with Gasteiger partial charge in [0.25, 0.3) is 0 Å². The Hall–Kier alpha value is -0.120. The van der Waals surface area contributed by atoms with Gasteiger partial charge in [0, 0.05) is 6.54 Å². The van der Waals surface area contributed by atoms with Crippen LogP contribution in [-0.4, -0.2) is 74.6 Å². The van der Waals surface area contributed by atoms with Gasteiger partial charge >= 0.3 is 0 Å². The molecule has 34 heavy (non-hydrogen) atoms. The molecule has 0 amide bonds. The molecule has 0 aromatic carbocycles. The zero-order valence-corrected chi connectivity index (χ0v) is 22.3. The molecule has 1 unspecified atom stereocenters. The standard InChI is InChI=1S/C10H21N.C9H19N.C8H17N.4CH4/c1-4-11-7-5-10(6-8-11)9(2)3;1-8(2)9-4-6-10(3)7-5-9;1-7(2)8-4-5-9(3)6-8;;;;/h9-10H,4-8H2,1-3H3;8-9H,4-7H2,1-3H3;7-8H,4-6H2,1-3H3;4*1H4. The van der Waals surface area contributed by atoms with Gasteiger partial charge in [-0.1, -0.05) is 78.2 Å². The monoisotopic (exact) mass is 488 g/mol. The molecular weight excluding hydrogens is 414 g/mol. The highest BCUT2D eigenvalue weighted by Crippen LogP contribution is 2.24. The van der Waals surface area contributed by atoms with Gasteiger partial charge in [-0.25, -0.2) is 0 Å². The molecule has 0 saturated carbocycles. The minimum atomic E-state index is 0. The predicted molar refractivity (Wildman–Crippen MR) is 162 cm³/mol. The van der Waals surface area contributed by atoms with Crippen molar-refractivity contribution in [1.29, 1.82) is 0 Å². The largest absolute Gasteiger partial charge is 0.306 e. The first-order chi connectivity index (χ1) is 14.1. The smallest absolute Gasteiger partial charge is 0.000953 e. The van der Waals surface area contributed by atoms with Crippen molar-refractivity contribution in [3.8, 4) is 0 Å². The van der Waals surface area contributed by atoms with E-state index >= 15 is 0 Å². The lowest BCUT2D eigenvalue weighted by Crippen LogP contribution is -2.34. The predicted octanol–water partition coefficient (Wildman–Crippen LogP) is 8.50. The molecule has 3 aliphatic heterocycles. The summed E-state index contributed by atoms with van der Waals surface area (Å²) in [4.78, 5) is 7.41. The maximum atomic E-state index is 2.55. The van der Waals surface area contributed by atoms with Gasteiger partial charge in [-0.2, -0.15) is 0 Å². The third-order valence-electron chi connectivity index (χ3n) is 8.10. The van der Waals surface area contributed by atoms with Crippen molar-refractivity contribution in [3.63, 3.8) is 0 Å². The third kappa shape index (κ3) is 16.5. The van der Waals surface area contributed by atoms with Gasteiger partial charge in [0.2, 0.25) is 0 Å². The van der Waals surface area contributed by atoms with Crippen molar-refractivity contribution >= 4 is 0 Å². The third-order valence-corrected chi connectivity index (χ3v) is 8.10. The van der Waals surface area contributed by atoms with Gasteiger partial charge < -0.3 is 14.7 Å². The maximum Gasteiger partial charge on any atom is 0.000953 e. The summed E-state index contributed by atoms with van der Waals surface area (Å²) in [6, 6.07) is 0. The second kappa shape index (κ2) is 22.1. The van der Waals surface area contributed by atoms with Crippen LogP contribution in [0.1, 0.15) is 110 Å². The minimum absolute atomic E-state index is 0. The molecule has 1 atom stereocenters. The molecular formula is C31H73N3. The molecule has 3 nitrogen and oxygen atoms in total. The van der Waals surface area contributed by atoms with Crippen LogP contribution in [-0.2, 0) is 0 Å². The highest BCUT2D eigenvalue weighted by molar-refractivity contribution is 4.75. The lowest BCUT2D eigenvalue weighted by molar-refractivity contribution is 0.164. The van der Waals surface area contributed by atoms with E-state index in [4.69, 9.17) is 0 Å². The van der Waals surface area contributed by atoms with E-state index in [2.05, 4.69) is 77.3 Å². The number of rotatable bonds is 4. The van der Waals surface area contributed by atoms with Gasteiger partial charge in [0.15, 0.2) is 0 Å². The Labute approximate surface area is 220 Å². The van der Waals surface area contributed by atoms with Crippen LogP contribution in [0.15, 0.2) is 0 Å². The molecule has 0 aliphatic carbocycles. The van der Waals surface area contributed by atoms with Gasteiger partial charge in [-0.05, 0) is 121 Å². The number of likely N-dealkylation sites (tertiary alicyclic amines) is 3. The van der Waals surface area contributed by atoms with E-state index in [1.54, 1.807) is 0 Å². The van der Waals surface area contributed by atoms with E-state index in [1.165, 1.54) is 77.9 Å². The minimum Gasteiger partial charge on any atom is -0.306 e. The summed E-state index contributed by atoms with van der Waals surface area (Å²) in [7, 11) is 4.43. The van der Waals surface area contributed by atoms with Crippen molar-refractivity contribution in [2.45, 2.75) is 110 Å². The normalized spacial score (nSPS) is 22.4. The van der Waals surface area contributed by atoms with Gasteiger partial charge in [-0.3, -0.25) is 0 Å². The summed E-state index contributed by atoms with van der Waals surface area (Å²) >= 11 is 0. The number of piperidine rings is 2. The fraction of sp³-hybridized carbons (Fsp3) is 1.00. The van der Waals surface area contributed by atoms with Crippen LogP contribution < -0.4 is 0 Å². The molecule has 0 aromatic rings. The summed E-state index contributed by atoms with van der Waals surface area (Å²) in [6.45, 7) is 25.4. The zero-order chi connectivity index (χ0) is 22.7. The Bertz CT molecular complexity index is 405. The first-order valence-corrected chi connectivity index (χ1v) is 13.2. The highest BCUT2D eigenvalue weighted by atomic mass is 15.1. The molecule has 3 heteroatoms. The van der Waals surface area contributed by atoms with Crippen LogP contribution in [0.4, 0.5) is 0 Å². The fourth-order valence-electron chi connectivity index (χ4n) is 5.14. The van der Waals surface area contributed by atoms with Crippen LogP contribution in [0.5, 0.6) is 0 Å². The van der Waals surface area contributed by atoms with Gasteiger partial charge in [0.1, 0.15) is 0 Å². The molecule has 0 spiro atoms. The Morgan fingerprint density at radius 2 is 0.853 bits per heavy atom. The van der Waals surface area contributed by atoms with Crippen molar-refractivity contribution in [3.05, 3.63) is 0 Å². The van der Waals surface area contributed by atoms with E-state index < -0.39 is 0 Å². The van der Waals surface area contributed by atoms with E-state index in [-0.39, 0.29) is 29.7 Å². The molecule has 0 bridgehead atoms. The summed E-state index contributed by atoms with van der Waals surface area (Å²) in [5, 5.41) is 0. The van der Waals surface area contributed by atoms with E-state index in [1.807, 2.05) is 0 Å². The van der Waals surface area contributed by atoms with Crippen molar-refractivity contribution in [1.82, 2.24) is 14.7 Å². The molecule has 3 fully saturated rings. The number of hydrogen-bond acceptors (Lipinski definition) is 3. The van der Waals surface area contributed by atoms with Crippen LogP contribution >= 0.6 is 0 Å². The molecule has 3 aliphatic rings. The van der Waals surface area contributed by atoms with Crippen molar-refractivity contribution in [2.75, 3.05) is 59.9 Å². The topological polar surface area (TPSA) is 9.72 Å². The van der Waals surface area contributed by atoms with E-state index in [0.29, 0.717) is 0 Å². The summed E-state index contributed by atoms with van der Waals surface area (Å²) in [5.41, 5.74) is 0. The molecule has 3 saturated heterocycles. The van der Waals surface area contributed by atoms with E-state index in [0.717, 1.165) is 35.5 Å². The van der Waals surface area contributed by atoms with Crippen LogP contribution in [0.2, 0.25) is 0 Å². The highest BCUT2D eigenvalue weighted by Gasteiger charge is 2.22. The average molecular weight is 488 g/mol. The van der Waals surface area contributed by atoms with Crippen LogP contribution in [0.25, 0.3) is 0 Å². The van der Waals surface area contributed by atoms with Crippen LogP contribution in [0.3, 0.4) is 0 Å². The number of hydrogen-bond donors (Lipinski definition) is 0. The first kappa shape index (κ1) is 41.0. The zero-order valence-electron chi connectivity index (χ0n) is 22.3. The Morgan fingerprint density at radius 3 is 1.12 bits per heavy atom. The van der Waals surface area contributed by atoms with Gasteiger partial charge in [-0.15, -0.1) is 0 Å².